The molecule has 5 rings (SSSR count). The molecule has 0 spiro atoms. The zero-order valence-electron chi connectivity index (χ0n) is 19.2. The van der Waals surface area contributed by atoms with Crippen LogP contribution in [-0.4, -0.2) is 27.2 Å². The molecule has 0 bridgehead atoms. The Morgan fingerprint density at radius 1 is 1.09 bits per heavy atom. The lowest BCUT2D eigenvalue weighted by atomic mass is 9.69. The number of rotatable bonds is 5. The fourth-order valence-corrected chi connectivity index (χ4v) is 5.06. The first kappa shape index (κ1) is 23.1. The predicted octanol–water partition coefficient (Wildman–Crippen LogP) is 5.80. The summed E-state index contributed by atoms with van der Waals surface area (Å²) < 4.78 is 46.4. The van der Waals surface area contributed by atoms with E-state index in [9.17, 15) is 18.0 Å². The standard InChI is InChI=1S/C27H24F3N3O2/c1-2-35-25(34)26(15-18-7-4-3-5-8-18)14-6-9-20-16-31-24-22(17-32-33(24)23(20)26)19-10-12-21(13-11-19)27(28,29)30/h3-5,7-8,10-13,16-17H,2,6,9,14-15H2,1H3/t26-/m1/s1. The number of fused-ring (bicyclic) bond motifs is 3. The molecule has 2 aromatic carbocycles. The summed E-state index contributed by atoms with van der Waals surface area (Å²) >= 11 is 0. The largest absolute Gasteiger partial charge is 0.465 e. The summed E-state index contributed by atoms with van der Waals surface area (Å²) in [5.41, 5.74) is 2.68. The fourth-order valence-electron chi connectivity index (χ4n) is 5.06. The van der Waals surface area contributed by atoms with Crippen LogP contribution in [0.4, 0.5) is 13.2 Å². The van der Waals surface area contributed by atoms with Crippen molar-refractivity contribution in [2.75, 3.05) is 6.61 Å². The lowest BCUT2D eigenvalue weighted by Crippen LogP contribution is -2.44. The van der Waals surface area contributed by atoms with Crippen molar-refractivity contribution in [3.8, 4) is 11.1 Å². The average molecular weight is 480 g/mol. The van der Waals surface area contributed by atoms with Crippen molar-refractivity contribution in [2.45, 2.75) is 44.2 Å². The van der Waals surface area contributed by atoms with Crippen molar-refractivity contribution >= 4 is 11.6 Å². The molecule has 2 aromatic heterocycles. The van der Waals surface area contributed by atoms with Gasteiger partial charge in [-0.1, -0.05) is 42.5 Å². The van der Waals surface area contributed by atoms with Crippen LogP contribution in [0.5, 0.6) is 0 Å². The van der Waals surface area contributed by atoms with Gasteiger partial charge in [0.15, 0.2) is 5.65 Å². The first-order chi connectivity index (χ1) is 16.8. The highest BCUT2D eigenvalue weighted by atomic mass is 19.4. The minimum absolute atomic E-state index is 0.259. The highest BCUT2D eigenvalue weighted by molar-refractivity contribution is 5.85. The second-order valence-electron chi connectivity index (χ2n) is 8.82. The van der Waals surface area contributed by atoms with Crippen LogP contribution in [0.3, 0.4) is 0 Å². The number of alkyl halides is 3. The van der Waals surface area contributed by atoms with E-state index in [1.54, 1.807) is 23.8 Å². The lowest BCUT2D eigenvalue weighted by Gasteiger charge is -2.36. The third-order valence-electron chi connectivity index (χ3n) is 6.64. The maximum atomic E-state index is 13.5. The Balaban J connectivity index is 1.67. The molecule has 35 heavy (non-hydrogen) atoms. The van der Waals surface area contributed by atoms with Crippen LogP contribution >= 0.6 is 0 Å². The number of carbonyl (C=O) groups excluding carboxylic acids is 1. The van der Waals surface area contributed by atoms with E-state index < -0.39 is 17.2 Å². The highest BCUT2D eigenvalue weighted by Gasteiger charge is 2.47. The van der Waals surface area contributed by atoms with Gasteiger partial charge in [-0.05, 0) is 61.4 Å². The Bertz CT molecular complexity index is 1360. The quantitative estimate of drug-likeness (QED) is 0.340. The third kappa shape index (κ3) is 4.07. The molecule has 0 saturated heterocycles. The summed E-state index contributed by atoms with van der Waals surface area (Å²) in [7, 11) is 0. The van der Waals surface area contributed by atoms with E-state index in [4.69, 9.17) is 4.74 Å². The van der Waals surface area contributed by atoms with Gasteiger partial charge in [-0.3, -0.25) is 4.79 Å². The number of aromatic nitrogens is 3. The van der Waals surface area contributed by atoms with Crippen LogP contribution < -0.4 is 0 Å². The van der Waals surface area contributed by atoms with E-state index in [-0.39, 0.29) is 12.6 Å². The van der Waals surface area contributed by atoms with E-state index in [1.165, 1.54) is 12.1 Å². The molecular weight excluding hydrogens is 455 g/mol. The van der Waals surface area contributed by atoms with Crippen molar-refractivity contribution in [3.05, 3.63) is 89.4 Å². The Hall–Kier alpha value is -3.68. The van der Waals surface area contributed by atoms with Gasteiger partial charge in [0.1, 0.15) is 5.41 Å². The van der Waals surface area contributed by atoms with Crippen molar-refractivity contribution in [3.63, 3.8) is 0 Å². The van der Waals surface area contributed by atoms with Gasteiger partial charge in [0.05, 0.1) is 24.1 Å². The number of nitrogens with zero attached hydrogens (tertiary/aromatic N) is 3. The average Bonchev–Trinajstić information content (AvgIpc) is 3.28. The van der Waals surface area contributed by atoms with Crippen molar-refractivity contribution in [2.24, 2.45) is 0 Å². The number of hydrogen-bond acceptors (Lipinski definition) is 4. The van der Waals surface area contributed by atoms with Crippen LogP contribution in [0.25, 0.3) is 16.8 Å². The van der Waals surface area contributed by atoms with Gasteiger partial charge in [-0.25, -0.2) is 9.50 Å². The van der Waals surface area contributed by atoms with Crippen LogP contribution in [0.15, 0.2) is 67.0 Å². The van der Waals surface area contributed by atoms with Gasteiger partial charge in [0.2, 0.25) is 0 Å². The number of hydrogen-bond donors (Lipinski definition) is 0. The zero-order valence-corrected chi connectivity index (χ0v) is 19.2. The number of esters is 1. The van der Waals surface area contributed by atoms with E-state index in [2.05, 4.69) is 10.1 Å². The number of carbonyl (C=O) groups is 1. The number of aryl methyl sites for hydroxylation is 1. The summed E-state index contributed by atoms with van der Waals surface area (Å²) in [5, 5.41) is 4.58. The van der Waals surface area contributed by atoms with Crippen LogP contribution in [-0.2, 0) is 34.0 Å². The molecule has 0 radical (unpaired) electrons. The summed E-state index contributed by atoms with van der Waals surface area (Å²) in [4.78, 5) is 18.2. The maximum absolute atomic E-state index is 13.5. The molecule has 180 valence electrons. The Morgan fingerprint density at radius 3 is 2.51 bits per heavy atom. The summed E-state index contributed by atoms with van der Waals surface area (Å²) in [6, 6.07) is 14.7. The molecule has 0 aliphatic heterocycles. The summed E-state index contributed by atoms with van der Waals surface area (Å²) in [6.45, 7) is 2.05. The second kappa shape index (κ2) is 8.83. The van der Waals surface area contributed by atoms with Crippen molar-refractivity contribution < 1.29 is 22.7 Å². The molecule has 0 unspecified atom stereocenters. The molecule has 0 N–H and O–H groups in total. The normalized spacial score (nSPS) is 17.8. The SMILES string of the molecule is CCOC(=O)[C@@]1(Cc2ccccc2)CCCc2cnc3c(-c4ccc(C(F)(F)F)cc4)cnn3c21. The van der Waals surface area contributed by atoms with Crippen molar-refractivity contribution in [1.82, 2.24) is 14.6 Å². The number of halogens is 3. The topological polar surface area (TPSA) is 56.5 Å². The minimum Gasteiger partial charge on any atom is -0.465 e. The molecule has 8 heteroatoms. The zero-order chi connectivity index (χ0) is 24.6. The molecule has 0 fully saturated rings. The highest BCUT2D eigenvalue weighted by Crippen LogP contribution is 2.42. The van der Waals surface area contributed by atoms with Gasteiger partial charge < -0.3 is 4.74 Å². The molecule has 1 atom stereocenters. The first-order valence-corrected chi connectivity index (χ1v) is 11.6. The van der Waals surface area contributed by atoms with Crippen LogP contribution in [0.2, 0.25) is 0 Å². The summed E-state index contributed by atoms with van der Waals surface area (Å²) in [6.07, 6.45) is 1.56. The Labute approximate surface area is 200 Å². The smallest absolute Gasteiger partial charge is 0.416 e. The van der Waals surface area contributed by atoms with E-state index in [0.717, 1.165) is 41.8 Å². The Kier molecular flexibility index (Phi) is 5.83. The molecule has 1 aliphatic carbocycles. The Morgan fingerprint density at radius 2 is 1.83 bits per heavy atom. The van der Waals surface area contributed by atoms with E-state index >= 15 is 0 Å². The molecule has 4 aromatic rings. The minimum atomic E-state index is -4.41. The molecule has 5 nitrogen and oxygen atoms in total. The molecule has 0 amide bonds. The first-order valence-electron chi connectivity index (χ1n) is 11.6. The molecule has 1 aliphatic rings. The van der Waals surface area contributed by atoms with Gasteiger partial charge in [-0.2, -0.15) is 18.3 Å². The monoisotopic (exact) mass is 479 g/mol. The van der Waals surface area contributed by atoms with E-state index in [0.29, 0.717) is 29.6 Å². The van der Waals surface area contributed by atoms with Gasteiger partial charge in [0.25, 0.3) is 0 Å². The van der Waals surface area contributed by atoms with Gasteiger partial charge in [-0.15, -0.1) is 0 Å². The van der Waals surface area contributed by atoms with Crippen LogP contribution in [0, 0.1) is 0 Å². The molecular formula is C27H24F3N3O2. The number of benzene rings is 2. The summed E-state index contributed by atoms with van der Waals surface area (Å²) in [5.74, 6) is -0.302. The fraction of sp³-hybridized carbons (Fsp3) is 0.296. The van der Waals surface area contributed by atoms with Gasteiger partial charge >= 0.3 is 12.1 Å². The second-order valence-corrected chi connectivity index (χ2v) is 8.82. The van der Waals surface area contributed by atoms with Crippen molar-refractivity contribution in [1.29, 1.82) is 0 Å². The van der Waals surface area contributed by atoms with Gasteiger partial charge in [0, 0.05) is 11.8 Å². The molecule has 0 saturated carbocycles. The van der Waals surface area contributed by atoms with Crippen LogP contribution in [0.1, 0.15) is 42.1 Å². The van der Waals surface area contributed by atoms with E-state index in [1.807, 2.05) is 30.3 Å². The predicted molar refractivity (Wildman–Crippen MR) is 125 cm³/mol. The maximum Gasteiger partial charge on any atom is 0.416 e. The third-order valence-corrected chi connectivity index (χ3v) is 6.64. The lowest BCUT2D eigenvalue weighted by molar-refractivity contribution is -0.151. The number of ether oxygens (including phenoxy) is 1. The molecule has 2 heterocycles.